The van der Waals surface area contributed by atoms with Crippen LogP contribution in [0.5, 0.6) is 5.75 Å². The van der Waals surface area contributed by atoms with E-state index < -0.39 is 5.67 Å². The van der Waals surface area contributed by atoms with Gasteiger partial charge in [-0.05, 0) is 31.9 Å². The van der Waals surface area contributed by atoms with E-state index in [0.29, 0.717) is 6.61 Å². The molecule has 3 rings (SSSR count). The highest BCUT2D eigenvalue weighted by Crippen LogP contribution is 2.44. The van der Waals surface area contributed by atoms with Crippen molar-refractivity contribution in [1.82, 2.24) is 5.32 Å². The van der Waals surface area contributed by atoms with Gasteiger partial charge in [0.15, 0.2) is 0 Å². The van der Waals surface area contributed by atoms with Crippen molar-refractivity contribution in [3.05, 3.63) is 29.3 Å². The van der Waals surface area contributed by atoms with E-state index >= 15 is 4.39 Å². The van der Waals surface area contributed by atoms with E-state index in [-0.39, 0.29) is 5.92 Å². The molecule has 1 aromatic rings. The largest absolute Gasteiger partial charge is 0.493 e. The highest BCUT2D eigenvalue weighted by atomic mass is 19.1. The van der Waals surface area contributed by atoms with Crippen LogP contribution in [0, 0.1) is 5.92 Å². The molecule has 2 atom stereocenters. The standard InChI is InChI=1S/C15H20FNO/c1-15(16,12-5-3-8-17-10-12)13-6-2-4-11-7-9-18-14(11)13/h2,4,6,12,17H,3,5,7-10H2,1H3. The average molecular weight is 249 g/mol. The zero-order chi connectivity index (χ0) is 12.6. The van der Waals surface area contributed by atoms with Crippen molar-refractivity contribution in [1.29, 1.82) is 0 Å². The summed E-state index contributed by atoms with van der Waals surface area (Å²) in [5, 5.41) is 3.30. The number of piperidine rings is 1. The number of ether oxygens (including phenoxy) is 1. The molecule has 0 amide bonds. The number of hydrogen-bond acceptors (Lipinski definition) is 2. The molecule has 0 aromatic heterocycles. The molecule has 2 unspecified atom stereocenters. The highest BCUT2D eigenvalue weighted by Gasteiger charge is 2.40. The summed E-state index contributed by atoms with van der Waals surface area (Å²) in [6, 6.07) is 5.89. The van der Waals surface area contributed by atoms with Gasteiger partial charge in [-0.3, -0.25) is 0 Å². The lowest BCUT2D eigenvalue weighted by Crippen LogP contribution is -2.40. The number of hydrogen-bond donors (Lipinski definition) is 1. The van der Waals surface area contributed by atoms with Crippen LogP contribution in [0.25, 0.3) is 0 Å². The maximum atomic E-state index is 15.2. The molecule has 1 aromatic carbocycles. The Morgan fingerprint density at radius 1 is 1.44 bits per heavy atom. The number of alkyl halides is 1. The Kier molecular flexibility index (Phi) is 3.02. The van der Waals surface area contributed by atoms with Gasteiger partial charge in [0.1, 0.15) is 11.4 Å². The fourth-order valence-electron chi connectivity index (χ4n) is 3.13. The van der Waals surface area contributed by atoms with Gasteiger partial charge in [0.25, 0.3) is 0 Å². The fraction of sp³-hybridized carbons (Fsp3) is 0.600. The zero-order valence-electron chi connectivity index (χ0n) is 10.8. The summed E-state index contributed by atoms with van der Waals surface area (Å²) in [4.78, 5) is 0. The molecule has 2 aliphatic rings. The summed E-state index contributed by atoms with van der Waals surface area (Å²) >= 11 is 0. The zero-order valence-corrected chi connectivity index (χ0v) is 10.8. The molecule has 0 bridgehead atoms. The van der Waals surface area contributed by atoms with Crippen molar-refractivity contribution in [3.63, 3.8) is 0 Å². The maximum Gasteiger partial charge on any atom is 0.140 e. The predicted octanol–water partition coefficient (Wildman–Crippen LogP) is 2.81. The molecule has 1 fully saturated rings. The third-order valence-electron chi connectivity index (χ3n) is 4.30. The molecule has 2 heterocycles. The molecule has 1 saturated heterocycles. The van der Waals surface area contributed by atoms with Gasteiger partial charge in [-0.1, -0.05) is 18.2 Å². The Hall–Kier alpha value is -1.09. The van der Waals surface area contributed by atoms with Crippen LogP contribution in [0.15, 0.2) is 18.2 Å². The average Bonchev–Trinajstić information content (AvgIpc) is 2.87. The van der Waals surface area contributed by atoms with Crippen molar-refractivity contribution >= 4 is 0 Å². The molecule has 18 heavy (non-hydrogen) atoms. The van der Waals surface area contributed by atoms with Crippen molar-refractivity contribution in [2.24, 2.45) is 5.92 Å². The molecule has 0 saturated carbocycles. The lowest BCUT2D eigenvalue weighted by Gasteiger charge is -2.34. The molecule has 0 aliphatic carbocycles. The fourth-order valence-corrected chi connectivity index (χ4v) is 3.13. The molecular formula is C15H20FNO. The minimum absolute atomic E-state index is 0.0435. The quantitative estimate of drug-likeness (QED) is 0.870. The lowest BCUT2D eigenvalue weighted by molar-refractivity contribution is 0.0781. The van der Waals surface area contributed by atoms with E-state index in [1.807, 2.05) is 18.2 Å². The van der Waals surface area contributed by atoms with Gasteiger partial charge in [0, 0.05) is 24.4 Å². The van der Waals surface area contributed by atoms with Crippen LogP contribution in [-0.4, -0.2) is 19.7 Å². The Labute approximate surface area is 108 Å². The number of halogens is 1. The Bertz CT molecular complexity index is 438. The first-order chi connectivity index (χ1) is 8.69. The molecule has 1 N–H and O–H groups in total. The monoisotopic (exact) mass is 249 g/mol. The van der Waals surface area contributed by atoms with Crippen LogP contribution in [0.3, 0.4) is 0 Å². The molecule has 2 nitrogen and oxygen atoms in total. The number of rotatable bonds is 2. The van der Waals surface area contributed by atoms with Gasteiger partial charge in [0.05, 0.1) is 6.61 Å². The van der Waals surface area contributed by atoms with E-state index in [1.54, 1.807) is 6.92 Å². The van der Waals surface area contributed by atoms with Crippen molar-refractivity contribution in [3.8, 4) is 5.75 Å². The second-order valence-electron chi connectivity index (χ2n) is 5.51. The molecule has 0 spiro atoms. The second-order valence-corrected chi connectivity index (χ2v) is 5.51. The van der Waals surface area contributed by atoms with E-state index in [9.17, 15) is 0 Å². The van der Waals surface area contributed by atoms with Gasteiger partial charge < -0.3 is 10.1 Å². The van der Waals surface area contributed by atoms with Gasteiger partial charge in [0.2, 0.25) is 0 Å². The molecule has 98 valence electrons. The van der Waals surface area contributed by atoms with Crippen LogP contribution < -0.4 is 10.1 Å². The van der Waals surface area contributed by atoms with E-state index in [2.05, 4.69) is 5.32 Å². The summed E-state index contributed by atoms with van der Waals surface area (Å²) in [7, 11) is 0. The third-order valence-corrected chi connectivity index (χ3v) is 4.30. The molecule has 0 radical (unpaired) electrons. The number of para-hydroxylation sites is 1. The second kappa shape index (κ2) is 4.54. The molecule has 3 heteroatoms. The van der Waals surface area contributed by atoms with E-state index in [0.717, 1.165) is 49.2 Å². The van der Waals surface area contributed by atoms with E-state index in [1.165, 1.54) is 0 Å². The first-order valence-electron chi connectivity index (χ1n) is 6.84. The number of nitrogens with one attached hydrogen (secondary N) is 1. The minimum Gasteiger partial charge on any atom is -0.493 e. The maximum absolute atomic E-state index is 15.2. The summed E-state index contributed by atoms with van der Waals surface area (Å²) in [6.07, 6.45) is 2.91. The third kappa shape index (κ3) is 1.91. The first-order valence-corrected chi connectivity index (χ1v) is 6.84. The van der Waals surface area contributed by atoms with Crippen molar-refractivity contribution in [2.75, 3.05) is 19.7 Å². The summed E-state index contributed by atoms with van der Waals surface area (Å²) < 4.78 is 20.9. The first kappa shape index (κ1) is 12.0. The van der Waals surface area contributed by atoms with Crippen LogP contribution in [0.1, 0.15) is 30.9 Å². The smallest absolute Gasteiger partial charge is 0.140 e. The van der Waals surface area contributed by atoms with E-state index in [4.69, 9.17) is 4.74 Å². The van der Waals surface area contributed by atoms with Crippen LogP contribution in [0.4, 0.5) is 4.39 Å². The minimum atomic E-state index is -1.30. The number of benzene rings is 1. The van der Waals surface area contributed by atoms with Gasteiger partial charge >= 0.3 is 0 Å². The van der Waals surface area contributed by atoms with Crippen molar-refractivity contribution in [2.45, 2.75) is 31.9 Å². The molecule has 2 aliphatic heterocycles. The lowest BCUT2D eigenvalue weighted by atomic mass is 9.79. The normalized spacial score (nSPS) is 26.2. The summed E-state index contributed by atoms with van der Waals surface area (Å²) in [5.74, 6) is 0.843. The summed E-state index contributed by atoms with van der Waals surface area (Å²) in [6.45, 7) is 4.17. The summed E-state index contributed by atoms with van der Waals surface area (Å²) in [5.41, 5.74) is 0.592. The van der Waals surface area contributed by atoms with Crippen LogP contribution in [0.2, 0.25) is 0 Å². The van der Waals surface area contributed by atoms with Gasteiger partial charge in [-0.25, -0.2) is 4.39 Å². The van der Waals surface area contributed by atoms with Gasteiger partial charge in [-0.15, -0.1) is 0 Å². The van der Waals surface area contributed by atoms with Crippen molar-refractivity contribution < 1.29 is 9.13 Å². The highest BCUT2D eigenvalue weighted by molar-refractivity contribution is 5.47. The Morgan fingerprint density at radius 3 is 3.11 bits per heavy atom. The molecular weight excluding hydrogens is 229 g/mol. The van der Waals surface area contributed by atoms with Crippen LogP contribution in [-0.2, 0) is 12.1 Å². The Balaban J connectivity index is 1.95. The number of fused-ring (bicyclic) bond motifs is 1. The topological polar surface area (TPSA) is 21.3 Å². The SMILES string of the molecule is CC(F)(c1cccc2c1OCC2)C1CCCNC1. The predicted molar refractivity (Wildman–Crippen MR) is 69.7 cm³/mol. The van der Waals surface area contributed by atoms with Gasteiger partial charge in [-0.2, -0.15) is 0 Å². The van der Waals surface area contributed by atoms with Crippen LogP contribution >= 0.6 is 0 Å². The Morgan fingerprint density at radius 2 is 2.33 bits per heavy atom.